The Morgan fingerprint density at radius 3 is 2.67 bits per heavy atom. The Labute approximate surface area is 129 Å². The number of methoxy groups -OCH3 is 1. The van der Waals surface area contributed by atoms with Gasteiger partial charge in [0.2, 0.25) is 0 Å². The first-order valence-corrected chi connectivity index (χ1v) is 8.16. The van der Waals surface area contributed by atoms with Crippen LogP contribution in [0.25, 0.3) is 0 Å². The van der Waals surface area contributed by atoms with Crippen molar-refractivity contribution in [3.8, 4) is 0 Å². The molecule has 1 N–H and O–H groups in total. The number of allylic oxidation sites excluding steroid dienone is 3. The molecule has 1 aliphatic rings. The predicted octanol–water partition coefficient (Wildman–Crippen LogP) is 4.59. The fourth-order valence-corrected chi connectivity index (χ4v) is 3.34. The first-order valence-electron chi connectivity index (χ1n) is 8.16. The molecule has 0 aromatic rings. The lowest BCUT2D eigenvalue weighted by Gasteiger charge is -2.37. The van der Waals surface area contributed by atoms with Crippen molar-refractivity contribution < 1.29 is 14.6 Å². The summed E-state index contributed by atoms with van der Waals surface area (Å²) in [4.78, 5) is 12.0. The van der Waals surface area contributed by atoms with Gasteiger partial charge in [0, 0.05) is 19.6 Å². The highest BCUT2D eigenvalue weighted by Gasteiger charge is 2.44. The van der Waals surface area contributed by atoms with Crippen LogP contribution in [-0.4, -0.2) is 24.8 Å². The van der Waals surface area contributed by atoms with Gasteiger partial charge < -0.3 is 9.84 Å². The summed E-state index contributed by atoms with van der Waals surface area (Å²) in [6.07, 6.45) is 13.1. The van der Waals surface area contributed by atoms with Crippen LogP contribution in [0.2, 0.25) is 0 Å². The minimum atomic E-state index is -0.746. The molecule has 0 amide bonds. The van der Waals surface area contributed by atoms with Crippen LogP contribution in [0.4, 0.5) is 0 Å². The highest BCUT2D eigenvalue weighted by atomic mass is 16.5. The summed E-state index contributed by atoms with van der Waals surface area (Å²) < 4.78 is 5.18. The summed E-state index contributed by atoms with van der Waals surface area (Å²) in [5, 5.41) is 9.86. The van der Waals surface area contributed by atoms with E-state index in [4.69, 9.17) is 4.74 Å². The van der Waals surface area contributed by atoms with Gasteiger partial charge in [-0.25, -0.2) is 0 Å². The van der Waals surface area contributed by atoms with Gasteiger partial charge in [-0.3, -0.25) is 4.79 Å². The van der Waals surface area contributed by atoms with Crippen molar-refractivity contribution in [2.45, 2.75) is 58.8 Å². The topological polar surface area (TPSA) is 46.5 Å². The van der Waals surface area contributed by atoms with Crippen LogP contribution >= 0.6 is 0 Å². The van der Waals surface area contributed by atoms with Crippen LogP contribution in [0.3, 0.4) is 0 Å². The normalized spacial score (nSPS) is 24.9. The van der Waals surface area contributed by atoms with Crippen LogP contribution in [0, 0.1) is 11.3 Å². The summed E-state index contributed by atoms with van der Waals surface area (Å²) in [6.45, 7) is 4.84. The Bertz CT molecular complexity index is 384. The van der Waals surface area contributed by atoms with Gasteiger partial charge >= 0.3 is 5.97 Å². The van der Waals surface area contributed by atoms with Gasteiger partial charge in [-0.05, 0) is 19.8 Å². The van der Waals surface area contributed by atoms with Gasteiger partial charge in [0.15, 0.2) is 0 Å². The molecule has 3 nitrogen and oxygen atoms in total. The number of hydrogen-bond acceptors (Lipinski definition) is 2. The average Bonchev–Trinajstić information content (AvgIpc) is 2.46. The van der Waals surface area contributed by atoms with Gasteiger partial charge in [0.25, 0.3) is 0 Å². The van der Waals surface area contributed by atoms with E-state index in [9.17, 15) is 9.90 Å². The lowest BCUT2D eigenvalue weighted by atomic mass is 9.65. The minimum absolute atomic E-state index is 0.0473. The van der Waals surface area contributed by atoms with E-state index in [1.54, 1.807) is 7.11 Å². The van der Waals surface area contributed by atoms with Crippen molar-refractivity contribution >= 4 is 5.97 Å². The van der Waals surface area contributed by atoms with Crippen molar-refractivity contribution in [2.75, 3.05) is 13.7 Å². The summed E-state index contributed by atoms with van der Waals surface area (Å²) in [6, 6.07) is 0. The monoisotopic (exact) mass is 294 g/mol. The molecular formula is C18H30O3. The zero-order chi connectivity index (χ0) is 15.7. The molecule has 2 unspecified atom stereocenters. The molecule has 0 fully saturated rings. The van der Waals surface area contributed by atoms with Gasteiger partial charge in [-0.15, -0.1) is 0 Å². The maximum absolute atomic E-state index is 12.0. The Balaban J connectivity index is 2.77. The van der Waals surface area contributed by atoms with E-state index in [0.717, 1.165) is 31.3 Å². The Kier molecular flexibility index (Phi) is 7.73. The van der Waals surface area contributed by atoms with Crippen molar-refractivity contribution in [1.82, 2.24) is 0 Å². The van der Waals surface area contributed by atoms with Crippen LogP contribution in [0.15, 0.2) is 23.8 Å². The minimum Gasteiger partial charge on any atom is -0.481 e. The van der Waals surface area contributed by atoms with Crippen LogP contribution in [-0.2, 0) is 9.53 Å². The molecule has 1 aliphatic carbocycles. The third-order valence-electron chi connectivity index (χ3n) is 4.63. The van der Waals surface area contributed by atoms with Crippen molar-refractivity contribution in [3.63, 3.8) is 0 Å². The lowest BCUT2D eigenvalue weighted by molar-refractivity contribution is -0.149. The predicted molar refractivity (Wildman–Crippen MR) is 86.3 cm³/mol. The number of aliphatic carboxylic acids is 1. The van der Waals surface area contributed by atoms with E-state index in [0.29, 0.717) is 6.61 Å². The molecule has 3 heteroatoms. The molecule has 0 saturated carbocycles. The van der Waals surface area contributed by atoms with E-state index in [2.05, 4.69) is 6.92 Å². The molecule has 1 rings (SSSR count). The summed E-state index contributed by atoms with van der Waals surface area (Å²) >= 11 is 0. The highest BCUT2D eigenvalue weighted by molar-refractivity contribution is 5.78. The van der Waals surface area contributed by atoms with E-state index in [1.165, 1.54) is 19.3 Å². The van der Waals surface area contributed by atoms with E-state index >= 15 is 0 Å². The zero-order valence-electron chi connectivity index (χ0n) is 13.7. The van der Waals surface area contributed by atoms with Crippen molar-refractivity contribution in [1.29, 1.82) is 0 Å². The summed E-state index contributed by atoms with van der Waals surface area (Å²) in [5.74, 6) is -0.645. The number of carboxylic acids is 1. The molecule has 0 aromatic carbocycles. The molecule has 120 valence electrons. The molecule has 0 spiro atoms. The molecule has 21 heavy (non-hydrogen) atoms. The van der Waals surface area contributed by atoms with Crippen LogP contribution in [0.1, 0.15) is 58.8 Å². The van der Waals surface area contributed by atoms with Gasteiger partial charge in [-0.1, -0.05) is 62.8 Å². The molecule has 0 saturated heterocycles. The van der Waals surface area contributed by atoms with E-state index in [1.807, 2.05) is 25.2 Å². The van der Waals surface area contributed by atoms with E-state index < -0.39 is 11.4 Å². The SMILES string of the molecule is CCCCCCCC1(C(=O)O)C=CC=C(C)C1CCOC. The fourth-order valence-electron chi connectivity index (χ4n) is 3.34. The van der Waals surface area contributed by atoms with Crippen molar-refractivity contribution in [2.24, 2.45) is 11.3 Å². The second kappa shape index (κ2) is 9.04. The van der Waals surface area contributed by atoms with Crippen LogP contribution in [0.5, 0.6) is 0 Å². The first-order chi connectivity index (χ1) is 10.1. The molecule has 0 heterocycles. The Morgan fingerprint density at radius 2 is 2.05 bits per heavy atom. The molecule has 0 bridgehead atoms. The maximum Gasteiger partial charge on any atom is 0.314 e. The third kappa shape index (κ3) is 4.70. The number of ether oxygens (including phenoxy) is 1. The molecule has 0 aliphatic heterocycles. The Hall–Kier alpha value is -1.09. The first kappa shape index (κ1) is 18.0. The summed E-state index contributed by atoms with van der Waals surface area (Å²) in [5.41, 5.74) is 0.411. The number of unbranched alkanes of at least 4 members (excludes halogenated alkanes) is 4. The lowest BCUT2D eigenvalue weighted by Crippen LogP contribution is -2.39. The standard InChI is InChI=1S/C18H30O3/c1-4-5-6-7-8-12-18(17(19)20)13-9-10-15(2)16(18)11-14-21-3/h9-10,13,16H,4-8,11-12,14H2,1-3H3,(H,19,20). The Morgan fingerprint density at radius 1 is 1.33 bits per heavy atom. The summed E-state index contributed by atoms with van der Waals surface area (Å²) in [7, 11) is 1.67. The maximum atomic E-state index is 12.0. The quantitative estimate of drug-likeness (QED) is 0.600. The van der Waals surface area contributed by atoms with Crippen molar-refractivity contribution in [3.05, 3.63) is 23.8 Å². The smallest absolute Gasteiger partial charge is 0.314 e. The highest BCUT2D eigenvalue weighted by Crippen LogP contribution is 2.44. The zero-order valence-corrected chi connectivity index (χ0v) is 13.7. The average molecular weight is 294 g/mol. The number of carbonyl (C=O) groups is 1. The van der Waals surface area contributed by atoms with Crippen LogP contribution < -0.4 is 0 Å². The molecule has 2 atom stereocenters. The number of rotatable bonds is 10. The second-order valence-corrected chi connectivity index (χ2v) is 6.11. The van der Waals surface area contributed by atoms with E-state index in [-0.39, 0.29) is 5.92 Å². The van der Waals surface area contributed by atoms with Gasteiger partial charge in [0.05, 0.1) is 5.41 Å². The molecular weight excluding hydrogens is 264 g/mol. The fraction of sp³-hybridized carbons (Fsp3) is 0.722. The van der Waals surface area contributed by atoms with Gasteiger partial charge in [0.1, 0.15) is 0 Å². The molecule has 0 aromatic heterocycles. The second-order valence-electron chi connectivity index (χ2n) is 6.11. The number of hydrogen-bond donors (Lipinski definition) is 1. The van der Waals surface area contributed by atoms with Gasteiger partial charge in [-0.2, -0.15) is 0 Å². The number of carboxylic acid groups (broad SMARTS) is 1. The third-order valence-corrected chi connectivity index (χ3v) is 4.63. The molecule has 0 radical (unpaired) electrons. The largest absolute Gasteiger partial charge is 0.481 e.